The molecule has 1 atom stereocenters. The van der Waals surface area contributed by atoms with E-state index in [1.165, 1.54) is 0 Å². The molecule has 2 heterocycles. The Morgan fingerprint density at radius 3 is 2.93 bits per heavy atom. The maximum absolute atomic E-state index is 11.7. The summed E-state index contributed by atoms with van der Waals surface area (Å²) in [4.78, 5) is 4.98. The fourth-order valence-corrected chi connectivity index (χ4v) is 3.48. The summed E-state index contributed by atoms with van der Waals surface area (Å²) >= 11 is -0.802. The highest BCUT2D eigenvalue weighted by atomic mass is 32.2. The van der Waals surface area contributed by atoms with Crippen molar-refractivity contribution in [3.05, 3.63) is 23.6 Å². The van der Waals surface area contributed by atoms with Crippen molar-refractivity contribution >= 4 is 17.4 Å². The largest absolute Gasteiger partial charge is 0.612 e. The van der Waals surface area contributed by atoms with Crippen molar-refractivity contribution in [2.45, 2.75) is 20.3 Å². The van der Waals surface area contributed by atoms with Crippen LogP contribution in [0.25, 0.3) is 6.20 Å². The van der Waals surface area contributed by atoms with Gasteiger partial charge in [0.1, 0.15) is 5.75 Å². The van der Waals surface area contributed by atoms with Gasteiger partial charge in [-0.05, 0) is 11.2 Å². The maximum Gasteiger partial charge on any atom is 0.151 e. The van der Waals surface area contributed by atoms with E-state index in [0.717, 1.165) is 17.1 Å². The van der Waals surface area contributed by atoms with E-state index in [0.29, 0.717) is 0 Å². The number of aromatic nitrogens is 2. The SMILES string of the molecule is CC1(C)CC[S+]([O-])C1=Cn1ccnc1. The molecule has 1 fully saturated rings. The summed E-state index contributed by atoms with van der Waals surface area (Å²) in [6, 6.07) is 0. The van der Waals surface area contributed by atoms with Crippen LogP contribution >= 0.6 is 0 Å². The second-order valence-electron chi connectivity index (χ2n) is 4.19. The zero-order valence-corrected chi connectivity index (χ0v) is 9.25. The zero-order chi connectivity index (χ0) is 10.2. The normalized spacial score (nSPS) is 28.5. The Bertz CT molecular complexity index is 343. The first-order valence-corrected chi connectivity index (χ1v) is 5.99. The highest BCUT2D eigenvalue weighted by molar-refractivity contribution is 7.95. The molecule has 3 nitrogen and oxygen atoms in total. The Balaban J connectivity index is 2.32. The summed E-state index contributed by atoms with van der Waals surface area (Å²) in [5, 5.41) is 0. The van der Waals surface area contributed by atoms with Gasteiger partial charge in [-0.3, -0.25) is 0 Å². The molecule has 1 aliphatic rings. The van der Waals surface area contributed by atoms with E-state index < -0.39 is 11.2 Å². The Labute approximate surface area is 87.0 Å². The molecule has 1 aromatic rings. The molecule has 76 valence electrons. The quantitative estimate of drug-likeness (QED) is 0.664. The van der Waals surface area contributed by atoms with Crippen LogP contribution in [-0.2, 0) is 11.2 Å². The molecule has 1 unspecified atom stereocenters. The van der Waals surface area contributed by atoms with Crippen molar-refractivity contribution in [3.63, 3.8) is 0 Å². The third-order valence-electron chi connectivity index (χ3n) is 2.62. The van der Waals surface area contributed by atoms with Gasteiger partial charge in [-0.25, -0.2) is 4.98 Å². The Hall–Kier alpha value is -0.740. The van der Waals surface area contributed by atoms with Crippen LogP contribution < -0.4 is 0 Å². The summed E-state index contributed by atoms with van der Waals surface area (Å²) in [5.41, 5.74) is 0.0646. The summed E-state index contributed by atoms with van der Waals surface area (Å²) in [6.45, 7) is 4.28. The lowest BCUT2D eigenvalue weighted by molar-refractivity contribution is 0.473. The third-order valence-corrected chi connectivity index (χ3v) is 4.34. The van der Waals surface area contributed by atoms with Crippen LogP contribution in [0.4, 0.5) is 0 Å². The molecule has 0 radical (unpaired) electrons. The molecule has 0 amide bonds. The van der Waals surface area contributed by atoms with E-state index in [1.54, 1.807) is 12.5 Å². The van der Waals surface area contributed by atoms with E-state index in [-0.39, 0.29) is 5.41 Å². The maximum atomic E-state index is 11.7. The summed E-state index contributed by atoms with van der Waals surface area (Å²) < 4.78 is 13.6. The van der Waals surface area contributed by atoms with Gasteiger partial charge in [-0.2, -0.15) is 0 Å². The van der Waals surface area contributed by atoms with Crippen molar-refractivity contribution in [1.82, 2.24) is 9.55 Å². The Kier molecular flexibility index (Phi) is 2.41. The number of rotatable bonds is 1. The minimum absolute atomic E-state index is 0.0646. The molecule has 2 rings (SSSR count). The van der Waals surface area contributed by atoms with Crippen LogP contribution in [0.1, 0.15) is 20.3 Å². The van der Waals surface area contributed by atoms with Crippen LogP contribution in [0.15, 0.2) is 23.6 Å². The second kappa shape index (κ2) is 3.44. The van der Waals surface area contributed by atoms with Gasteiger partial charge in [-0.15, -0.1) is 0 Å². The highest BCUT2D eigenvalue weighted by Gasteiger charge is 2.40. The van der Waals surface area contributed by atoms with E-state index in [9.17, 15) is 4.55 Å². The van der Waals surface area contributed by atoms with Crippen LogP contribution in [0.5, 0.6) is 0 Å². The molecule has 0 spiro atoms. The standard InChI is InChI=1S/C10H14N2OS/c1-10(2)3-6-14(13)9(10)7-12-5-4-11-8-12/h4-5,7-8H,3,6H2,1-2H3. The molecule has 4 heteroatoms. The predicted octanol–water partition coefficient (Wildman–Crippen LogP) is 1.86. The van der Waals surface area contributed by atoms with Gasteiger partial charge in [0, 0.05) is 24.2 Å². The molecule has 1 aliphatic heterocycles. The van der Waals surface area contributed by atoms with Crippen molar-refractivity contribution in [2.75, 3.05) is 5.75 Å². The van der Waals surface area contributed by atoms with Crippen molar-refractivity contribution in [3.8, 4) is 0 Å². The lowest BCUT2D eigenvalue weighted by Crippen LogP contribution is -2.11. The van der Waals surface area contributed by atoms with Crippen molar-refractivity contribution in [1.29, 1.82) is 0 Å². The lowest BCUT2D eigenvalue weighted by Gasteiger charge is -2.16. The van der Waals surface area contributed by atoms with E-state index in [2.05, 4.69) is 18.8 Å². The average molecular weight is 210 g/mol. The van der Waals surface area contributed by atoms with Crippen LogP contribution in [0.3, 0.4) is 0 Å². The second-order valence-corrected chi connectivity index (χ2v) is 5.73. The topological polar surface area (TPSA) is 40.9 Å². The van der Waals surface area contributed by atoms with Gasteiger partial charge in [0.2, 0.25) is 0 Å². The molecule has 0 aromatic carbocycles. The minimum Gasteiger partial charge on any atom is -0.612 e. The van der Waals surface area contributed by atoms with Crippen LogP contribution in [0.2, 0.25) is 0 Å². The van der Waals surface area contributed by atoms with E-state index >= 15 is 0 Å². The van der Waals surface area contributed by atoms with Crippen LogP contribution in [0, 0.1) is 5.41 Å². The van der Waals surface area contributed by atoms with Gasteiger partial charge in [-0.1, -0.05) is 13.8 Å². The van der Waals surface area contributed by atoms with Gasteiger partial charge >= 0.3 is 0 Å². The Morgan fingerprint density at radius 1 is 1.64 bits per heavy atom. The molecule has 0 aliphatic carbocycles. The molecule has 1 saturated heterocycles. The fourth-order valence-electron chi connectivity index (χ4n) is 1.60. The molecule has 14 heavy (non-hydrogen) atoms. The molecular weight excluding hydrogens is 196 g/mol. The van der Waals surface area contributed by atoms with Gasteiger partial charge in [0.25, 0.3) is 0 Å². The van der Waals surface area contributed by atoms with Gasteiger partial charge in [0.05, 0.1) is 12.5 Å². The van der Waals surface area contributed by atoms with E-state index in [1.807, 2.05) is 17.0 Å². The van der Waals surface area contributed by atoms with Crippen LogP contribution in [-0.4, -0.2) is 19.9 Å². The number of hydrogen-bond donors (Lipinski definition) is 0. The molecule has 0 bridgehead atoms. The number of hydrogen-bond acceptors (Lipinski definition) is 2. The number of nitrogens with zero attached hydrogens (tertiary/aromatic N) is 2. The Morgan fingerprint density at radius 2 is 2.43 bits per heavy atom. The smallest absolute Gasteiger partial charge is 0.151 e. The summed E-state index contributed by atoms with van der Waals surface area (Å²) in [6.07, 6.45) is 8.25. The monoisotopic (exact) mass is 210 g/mol. The average Bonchev–Trinajstić information content (AvgIpc) is 2.69. The first-order valence-electron chi connectivity index (χ1n) is 4.68. The molecular formula is C10H14N2OS. The zero-order valence-electron chi connectivity index (χ0n) is 8.43. The summed E-state index contributed by atoms with van der Waals surface area (Å²) in [5.74, 6) is 0.785. The van der Waals surface area contributed by atoms with Crippen molar-refractivity contribution in [2.24, 2.45) is 5.41 Å². The third kappa shape index (κ3) is 1.72. The first kappa shape index (κ1) is 9.80. The number of imidazole rings is 1. The van der Waals surface area contributed by atoms with Gasteiger partial charge < -0.3 is 9.12 Å². The lowest BCUT2D eigenvalue weighted by atomic mass is 9.90. The molecule has 1 aromatic heterocycles. The minimum atomic E-state index is -0.802. The molecule has 0 N–H and O–H groups in total. The van der Waals surface area contributed by atoms with Gasteiger partial charge in [0.15, 0.2) is 4.91 Å². The predicted molar refractivity (Wildman–Crippen MR) is 57.9 cm³/mol. The number of allylic oxidation sites excluding steroid dienone is 1. The highest BCUT2D eigenvalue weighted by Crippen LogP contribution is 2.41. The molecule has 0 saturated carbocycles. The summed E-state index contributed by atoms with van der Waals surface area (Å²) in [7, 11) is 0. The fraction of sp³-hybridized carbons (Fsp3) is 0.500. The van der Waals surface area contributed by atoms with Crippen molar-refractivity contribution < 1.29 is 4.55 Å². The first-order chi connectivity index (χ1) is 6.59. The van der Waals surface area contributed by atoms with E-state index in [4.69, 9.17) is 0 Å².